The van der Waals surface area contributed by atoms with E-state index in [0.29, 0.717) is 37.8 Å². The number of fused-ring (bicyclic) bond motifs is 2. The Bertz CT molecular complexity index is 1400. The summed E-state index contributed by atoms with van der Waals surface area (Å²) in [6, 6.07) is 9.35. The first-order chi connectivity index (χ1) is 18.4. The van der Waals surface area contributed by atoms with E-state index in [9.17, 15) is 15.0 Å². The Morgan fingerprint density at radius 2 is 2.11 bits per heavy atom. The van der Waals surface area contributed by atoms with Crippen LogP contribution in [0.3, 0.4) is 0 Å². The molecule has 1 aliphatic carbocycles. The Hall–Kier alpha value is -2.70. The van der Waals surface area contributed by atoms with Crippen LogP contribution in [0.25, 0.3) is 10.8 Å². The molecule has 3 aliphatic rings. The fourth-order valence-corrected chi connectivity index (χ4v) is 6.49. The van der Waals surface area contributed by atoms with Crippen molar-refractivity contribution in [2.45, 2.75) is 44.9 Å². The zero-order chi connectivity index (χ0) is 26.4. The highest BCUT2D eigenvalue weighted by atomic mass is 127. The van der Waals surface area contributed by atoms with Gasteiger partial charge in [-0.2, -0.15) is 9.97 Å². The summed E-state index contributed by atoms with van der Waals surface area (Å²) in [6.45, 7) is 3.41. The van der Waals surface area contributed by atoms with Crippen LogP contribution in [0.2, 0.25) is 0 Å². The third-order valence-electron chi connectivity index (χ3n) is 7.88. The van der Waals surface area contributed by atoms with Crippen molar-refractivity contribution in [3.8, 4) is 11.8 Å². The molecule has 3 aromatic rings. The van der Waals surface area contributed by atoms with Crippen LogP contribution < -0.4 is 15.0 Å². The van der Waals surface area contributed by atoms with Gasteiger partial charge in [0.1, 0.15) is 11.6 Å². The number of hydrogen-bond donors (Lipinski definition) is 3. The molecule has 1 atom stereocenters. The first-order valence-corrected chi connectivity index (χ1v) is 14.2. The van der Waals surface area contributed by atoms with Gasteiger partial charge in [-0.05, 0) is 78.9 Å². The van der Waals surface area contributed by atoms with Crippen molar-refractivity contribution in [3.05, 3.63) is 50.7 Å². The number of β-amino-alcohol motifs (C(OH)–C–C–N with tert-alkyl or cyclic N) is 1. The fourth-order valence-electron chi connectivity index (χ4n) is 5.68. The normalized spacial score (nSPS) is 20.0. The predicted molar refractivity (Wildman–Crippen MR) is 152 cm³/mol. The summed E-state index contributed by atoms with van der Waals surface area (Å²) in [5.74, 6) is 0.646. The second kappa shape index (κ2) is 10.1. The lowest BCUT2D eigenvalue weighted by molar-refractivity contribution is 0.0751. The molecular formula is C28H32IN5O4. The minimum Gasteiger partial charge on any atom is -0.508 e. The summed E-state index contributed by atoms with van der Waals surface area (Å²) in [7, 11) is 1.95. The number of carbonyl (C=O) groups excluding carboxylic acids is 1. The van der Waals surface area contributed by atoms with Crippen LogP contribution in [-0.4, -0.2) is 70.4 Å². The number of ether oxygens (including phenoxy) is 1. The van der Waals surface area contributed by atoms with Gasteiger partial charge in [-0.1, -0.05) is 12.1 Å². The standard InChI is InChI=1S/C28H32IN5O4/c1-30-15-28(7-8-28)16-38-27-31-23-14-34(13-21(23)25(32-27)33-9-3-5-18(35)12-33)26(37)20-11-19(36)10-17-4-2-6-22(29)24(17)20/h2,4,6,10-11,18,30,35-36H,3,5,7-9,12-16H2,1H3/t18-/m1/s1. The molecule has 2 fully saturated rings. The maximum atomic E-state index is 13.9. The molecule has 1 saturated carbocycles. The maximum Gasteiger partial charge on any atom is 0.318 e. The van der Waals surface area contributed by atoms with E-state index in [1.807, 2.05) is 25.2 Å². The van der Waals surface area contributed by atoms with E-state index < -0.39 is 6.10 Å². The average molecular weight is 629 g/mol. The van der Waals surface area contributed by atoms with E-state index in [2.05, 4.69) is 32.8 Å². The van der Waals surface area contributed by atoms with E-state index in [0.717, 1.165) is 70.2 Å². The highest BCUT2D eigenvalue weighted by Crippen LogP contribution is 2.45. The molecule has 2 aliphatic heterocycles. The summed E-state index contributed by atoms with van der Waals surface area (Å²) in [6.07, 6.45) is 3.46. The number of aromatic hydroxyl groups is 1. The van der Waals surface area contributed by atoms with Crippen molar-refractivity contribution >= 4 is 45.1 Å². The summed E-state index contributed by atoms with van der Waals surface area (Å²) >= 11 is 2.23. The number of aliphatic hydroxyl groups excluding tert-OH is 1. The number of nitrogens with one attached hydrogen (secondary N) is 1. The number of halogens is 1. The van der Waals surface area contributed by atoms with Crippen molar-refractivity contribution in [2.24, 2.45) is 5.41 Å². The Morgan fingerprint density at radius 1 is 1.26 bits per heavy atom. The molecule has 2 aromatic carbocycles. The molecule has 0 unspecified atom stereocenters. The second-order valence-electron chi connectivity index (χ2n) is 10.8. The number of amides is 1. The number of aromatic nitrogens is 2. The van der Waals surface area contributed by atoms with Crippen LogP contribution in [0.4, 0.5) is 5.82 Å². The zero-order valence-electron chi connectivity index (χ0n) is 21.4. The number of anilines is 1. The quantitative estimate of drug-likeness (QED) is 0.341. The minimum absolute atomic E-state index is 0.0635. The Balaban J connectivity index is 1.33. The van der Waals surface area contributed by atoms with E-state index in [1.54, 1.807) is 17.0 Å². The molecular weight excluding hydrogens is 597 g/mol. The van der Waals surface area contributed by atoms with Gasteiger partial charge >= 0.3 is 6.01 Å². The molecule has 6 rings (SSSR count). The topological polar surface area (TPSA) is 111 Å². The molecule has 1 aromatic heterocycles. The lowest BCUT2D eigenvalue weighted by atomic mass is 10.0. The number of rotatable bonds is 7. The Labute approximate surface area is 235 Å². The van der Waals surface area contributed by atoms with Crippen LogP contribution >= 0.6 is 22.6 Å². The van der Waals surface area contributed by atoms with Gasteiger partial charge < -0.3 is 30.1 Å². The number of piperidine rings is 1. The van der Waals surface area contributed by atoms with Crippen LogP contribution in [0.1, 0.15) is 47.3 Å². The largest absolute Gasteiger partial charge is 0.508 e. The smallest absolute Gasteiger partial charge is 0.318 e. The predicted octanol–water partition coefficient (Wildman–Crippen LogP) is 3.44. The van der Waals surface area contributed by atoms with E-state index in [-0.39, 0.29) is 17.1 Å². The monoisotopic (exact) mass is 629 g/mol. The van der Waals surface area contributed by atoms with Crippen molar-refractivity contribution < 1.29 is 19.7 Å². The maximum absolute atomic E-state index is 13.9. The third kappa shape index (κ3) is 4.89. The van der Waals surface area contributed by atoms with Crippen LogP contribution in [0.5, 0.6) is 11.8 Å². The van der Waals surface area contributed by atoms with Gasteiger partial charge in [-0.15, -0.1) is 0 Å². The van der Waals surface area contributed by atoms with Crippen LogP contribution in [0, 0.1) is 8.99 Å². The molecule has 1 saturated heterocycles. The number of phenolic OH excluding ortho intramolecular Hbond substituents is 1. The fraction of sp³-hybridized carbons (Fsp3) is 0.464. The minimum atomic E-state index is -0.413. The van der Waals surface area contributed by atoms with Crippen molar-refractivity contribution in [2.75, 3.05) is 38.2 Å². The molecule has 0 radical (unpaired) electrons. The summed E-state index contributed by atoms with van der Waals surface area (Å²) in [5, 5.41) is 25.6. The molecule has 3 N–H and O–H groups in total. The molecule has 200 valence electrons. The van der Waals surface area contributed by atoms with Gasteiger partial charge in [0.05, 0.1) is 37.1 Å². The summed E-state index contributed by atoms with van der Waals surface area (Å²) in [4.78, 5) is 27.3. The lowest BCUT2D eigenvalue weighted by Crippen LogP contribution is -2.39. The van der Waals surface area contributed by atoms with Gasteiger partial charge in [-0.3, -0.25) is 4.79 Å². The van der Waals surface area contributed by atoms with Crippen LogP contribution in [0.15, 0.2) is 30.3 Å². The molecule has 10 heteroatoms. The van der Waals surface area contributed by atoms with E-state index in [1.165, 1.54) is 0 Å². The second-order valence-corrected chi connectivity index (χ2v) is 12.0. The molecule has 9 nitrogen and oxygen atoms in total. The molecule has 0 bridgehead atoms. The first-order valence-electron chi connectivity index (χ1n) is 13.2. The number of phenols is 1. The molecule has 1 amide bonds. The summed E-state index contributed by atoms with van der Waals surface area (Å²) < 4.78 is 7.10. The molecule has 38 heavy (non-hydrogen) atoms. The van der Waals surface area contributed by atoms with Gasteiger partial charge in [0.15, 0.2) is 0 Å². The number of benzene rings is 2. The molecule has 3 heterocycles. The number of nitrogens with zero attached hydrogens (tertiary/aromatic N) is 4. The van der Waals surface area contributed by atoms with E-state index >= 15 is 0 Å². The highest BCUT2D eigenvalue weighted by Gasteiger charge is 2.43. The number of carbonyl (C=O) groups is 1. The number of aliphatic hydroxyl groups is 1. The first kappa shape index (κ1) is 25.6. The van der Waals surface area contributed by atoms with Crippen molar-refractivity contribution in [3.63, 3.8) is 0 Å². The third-order valence-corrected chi connectivity index (χ3v) is 8.78. The van der Waals surface area contributed by atoms with Crippen LogP contribution in [-0.2, 0) is 13.1 Å². The van der Waals surface area contributed by atoms with Gasteiger partial charge in [0.25, 0.3) is 5.91 Å². The Kier molecular flexibility index (Phi) is 6.81. The SMILES string of the molecule is CNCC1(COc2nc3c(c(N4CCC[C@@H](O)C4)n2)CN(C(=O)c2cc(O)cc4cccc(I)c24)C3)CC1. The van der Waals surface area contributed by atoms with Crippen molar-refractivity contribution in [1.82, 2.24) is 20.2 Å². The van der Waals surface area contributed by atoms with E-state index in [4.69, 9.17) is 14.7 Å². The van der Waals surface area contributed by atoms with Crippen molar-refractivity contribution in [1.29, 1.82) is 0 Å². The lowest BCUT2D eigenvalue weighted by Gasteiger charge is -2.32. The molecule has 0 spiro atoms. The zero-order valence-corrected chi connectivity index (χ0v) is 23.6. The van der Waals surface area contributed by atoms with Gasteiger partial charge in [-0.25, -0.2) is 0 Å². The summed E-state index contributed by atoms with van der Waals surface area (Å²) in [5.41, 5.74) is 2.28. The van der Waals surface area contributed by atoms with Gasteiger partial charge in [0.2, 0.25) is 0 Å². The Morgan fingerprint density at radius 3 is 2.87 bits per heavy atom. The average Bonchev–Trinajstić information content (AvgIpc) is 3.53. The van der Waals surface area contributed by atoms with Gasteiger partial charge in [0, 0.05) is 39.6 Å². The highest BCUT2D eigenvalue weighted by molar-refractivity contribution is 14.1. The number of hydrogen-bond acceptors (Lipinski definition) is 8.